The highest BCUT2D eigenvalue weighted by Crippen LogP contribution is 2.41. The number of allylic oxidation sites excluding steroid dienone is 10. The molecule has 280 valence electrons. The Morgan fingerprint density at radius 1 is 0.491 bits per heavy atom. The number of hydrogen-bond acceptors (Lipinski definition) is 8. The number of carbonyl (C=O) groups excluding carboxylic acids is 2. The van der Waals surface area contributed by atoms with E-state index < -0.39 is 9.84 Å². The molecule has 0 heterocycles. The zero-order chi connectivity index (χ0) is 39.9. The Labute approximate surface area is 324 Å². The summed E-state index contributed by atoms with van der Waals surface area (Å²) >= 11 is 12.8. The number of azo groups is 2. The largest absolute Gasteiger partial charge is 0.289 e. The molecule has 2 aliphatic rings. The number of ketones is 2. The molecular weight excluding hydrogens is 727 g/mol. The van der Waals surface area contributed by atoms with E-state index in [1.807, 2.05) is 107 Å². The SMILES string of the molecule is CC(C)(C)C1=CC(=CN=Nc2cc(Cl)cc(S(=O)(=O)c3cc(Cl)cc(N=NC=C4C=C(C(C)(C)C)C(=O)C(C(C)(C)C)=C4)c3)c2)C=C(C(C)(C)C)C1=O. The third kappa shape index (κ3) is 10.1. The minimum absolute atomic E-state index is 0.00652. The summed E-state index contributed by atoms with van der Waals surface area (Å²) in [5.74, 6) is 0.0130. The summed E-state index contributed by atoms with van der Waals surface area (Å²) in [5, 5.41) is 17.2. The van der Waals surface area contributed by atoms with Crippen molar-refractivity contribution in [3.05, 3.63) is 117 Å². The van der Waals surface area contributed by atoms with Gasteiger partial charge in [-0.1, -0.05) is 106 Å². The number of halogens is 2. The van der Waals surface area contributed by atoms with Crippen molar-refractivity contribution in [2.24, 2.45) is 42.1 Å². The molecule has 8 nitrogen and oxygen atoms in total. The van der Waals surface area contributed by atoms with Crippen LogP contribution in [0.25, 0.3) is 0 Å². The number of rotatable bonds is 6. The van der Waals surface area contributed by atoms with E-state index >= 15 is 0 Å². The van der Waals surface area contributed by atoms with Gasteiger partial charge in [-0.2, -0.15) is 20.5 Å². The highest BCUT2D eigenvalue weighted by Gasteiger charge is 2.35. The van der Waals surface area contributed by atoms with Crippen molar-refractivity contribution < 1.29 is 18.0 Å². The van der Waals surface area contributed by atoms with Crippen molar-refractivity contribution in [1.29, 1.82) is 0 Å². The first kappa shape index (κ1) is 41.7. The summed E-state index contributed by atoms with van der Waals surface area (Å²) in [4.78, 5) is 26.3. The third-order valence-electron chi connectivity index (χ3n) is 8.55. The zero-order valence-electron chi connectivity index (χ0n) is 32.5. The second-order valence-corrected chi connectivity index (χ2v) is 20.2. The van der Waals surface area contributed by atoms with Crippen LogP contribution in [-0.4, -0.2) is 20.0 Å². The number of nitrogens with zero attached hydrogens (tertiary/aromatic N) is 4. The van der Waals surface area contributed by atoms with Crippen LogP contribution in [0.1, 0.15) is 83.1 Å². The maximum Gasteiger partial charge on any atom is 0.206 e. The molecule has 0 unspecified atom stereocenters. The van der Waals surface area contributed by atoms with Gasteiger partial charge in [0.15, 0.2) is 11.6 Å². The highest BCUT2D eigenvalue weighted by molar-refractivity contribution is 7.91. The number of hydrogen-bond donors (Lipinski definition) is 0. The van der Waals surface area contributed by atoms with E-state index in [1.54, 1.807) is 0 Å². The topological polar surface area (TPSA) is 118 Å². The Morgan fingerprint density at radius 2 is 0.774 bits per heavy atom. The first-order chi connectivity index (χ1) is 24.2. The zero-order valence-corrected chi connectivity index (χ0v) is 34.8. The Hall–Kier alpha value is -4.05. The molecular formula is C42H48Cl2N4O4S. The van der Waals surface area contributed by atoms with E-state index in [4.69, 9.17) is 23.2 Å². The minimum Gasteiger partial charge on any atom is -0.289 e. The molecule has 0 aromatic heterocycles. The Kier molecular flexibility index (Phi) is 11.8. The van der Waals surface area contributed by atoms with Crippen molar-refractivity contribution in [2.45, 2.75) is 92.9 Å². The molecule has 0 bridgehead atoms. The third-order valence-corrected chi connectivity index (χ3v) is 10.7. The van der Waals surface area contributed by atoms with Crippen LogP contribution in [0.2, 0.25) is 10.0 Å². The maximum atomic E-state index is 13.9. The molecule has 53 heavy (non-hydrogen) atoms. The number of sulfone groups is 1. The first-order valence-corrected chi connectivity index (χ1v) is 19.5. The van der Waals surface area contributed by atoms with E-state index in [0.29, 0.717) is 33.4 Å². The molecule has 0 amide bonds. The Bertz CT molecular complexity index is 2000. The average molecular weight is 776 g/mol. The van der Waals surface area contributed by atoms with Gasteiger partial charge >= 0.3 is 0 Å². The lowest BCUT2D eigenvalue weighted by atomic mass is 9.72. The van der Waals surface area contributed by atoms with Gasteiger partial charge in [0.25, 0.3) is 0 Å². The number of benzene rings is 2. The van der Waals surface area contributed by atoms with Crippen LogP contribution in [0.5, 0.6) is 0 Å². The minimum atomic E-state index is -4.14. The lowest BCUT2D eigenvalue weighted by molar-refractivity contribution is -0.114. The van der Waals surface area contributed by atoms with Crippen molar-refractivity contribution in [3.63, 3.8) is 0 Å². The predicted molar refractivity (Wildman–Crippen MR) is 214 cm³/mol. The molecule has 4 rings (SSSR count). The van der Waals surface area contributed by atoms with Gasteiger partial charge < -0.3 is 0 Å². The van der Waals surface area contributed by atoms with Crippen molar-refractivity contribution >= 4 is 56.0 Å². The molecule has 0 saturated carbocycles. The van der Waals surface area contributed by atoms with E-state index in [2.05, 4.69) is 20.5 Å². The van der Waals surface area contributed by atoms with Gasteiger partial charge in [-0.25, -0.2) is 8.42 Å². The van der Waals surface area contributed by atoms with Gasteiger partial charge in [-0.3, -0.25) is 9.59 Å². The summed E-state index contributed by atoms with van der Waals surface area (Å²) in [7, 11) is -4.14. The molecule has 2 aromatic rings. The van der Waals surface area contributed by atoms with Crippen LogP contribution >= 0.6 is 23.2 Å². The maximum absolute atomic E-state index is 13.9. The van der Waals surface area contributed by atoms with Crippen LogP contribution in [0.15, 0.2) is 137 Å². The quantitative estimate of drug-likeness (QED) is 0.271. The van der Waals surface area contributed by atoms with Gasteiger partial charge in [0.1, 0.15) is 0 Å². The Morgan fingerprint density at radius 3 is 1.04 bits per heavy atom. The Balaban J connectivity index is 1.67. The molecule has 0 fully saturated rings. The fraction of sp³-hybridized carbons (Fsp3) is 0.381. The van der Waals surface area contributed by atoms with Gasteiger partial charge in [-0.15, -0.1) is 0 Å². The summed E-state index contributed by atoms with van der Waals surface area (Å²) < 4.78 is 27.8. The van der Waals surface area contributed by atoms with Crippen LogP contribution in [0.3, 0.4) is 0 Å². The molecule has 2 aromatic carbocycles. The molecule has 0 saturated heterocycles. The summed E-state index contributed by atoms with van der Waals surface area (Å²) in [6.07, 6.45) is 10.3. The molecule has 0 spiro atoms. The smallest absolute Gasteiger partial charge is 0.206 e. The van der Waals surface area contributed by atoms with E-state index in [0.717, 1.165) is 0 Å². The molecule has 2 aliphatic carbocycles. The van der Waals surface area contributed by atoms with Gasteiger partial charge in [0.05, 0.1) is 33.6 Å². The van der Waals surface area contributed by atoms with E-state index in [1.165, 1.54) is 48.8 Å². The summed E-state index contributed by atoms with van der Waals surface area (Å²) in [6, 6.07) is 8.40. The molecule has 0 N–H and O–H groups in total. The normalized spacial score (nSPS) is 16.6. The van der Waals surface area contributed by atoms with Gasteiger partial charge in [0.2, 0.25) is 9.84 Å². The second-order valence-electron chi connectivity index (χ2n) is 17.4. The standard InChI is InChI=1S/C42H48Cl2N4O4S/c1-39(2,3)33-13-25(14-34(37(33)49)40(4,5)6)23-45-47-29-17-27(43)19-31(21-29)53(51,52)32-20-28(44)18-30(22-32)48-46-24-26-15-35(41(7,8)9)38(50)36(16-26)42(10,11)12/h13-24H,1-12H3. The van der Waals surface area contributed by atoms with Gasteiger partial charge in [0, 0.05) is 32.3 Å². The van der Waals surface area contributed by atoms with E-state index in [-0.39, 0.29) is 64.4 Å². The number of carbonyl (C=O) groups is 2. The van der Waals surface area contributed by atoms with Crippen LogP contribution in [0.4, 0.5) is 11.4 Å². The number of Topliss-reactive ketones (excluding diaryl/α,β-unsaturated/α-hetero) is 2. The van der Waals surface area contributed by atoms with Crippen LogP contribution < -0.4 is 0 Å². The van der Waals surface area contributed by atoms with Crippen LogP contribution in [-0.2, 0) is 19.4 Å². The van der Waals surface area contributed by atoms with Crippen LogP contribution in [0, 0.1) is 21.7 Å². The first-order valence-electron chi connectivity index (χ1n) is 17.2. The second kappa shape index (κ2) is 15.0. The van der Waals surface area contributed by atoms with Crippen molar-refractivity contribution in [3.8, 4) is 0 Å². The summed E-state index contributed by atoms with van der Waals surface area (Å²) in [5.41, 5.74) is 2.96. The molecule has 11 heteroatoms. The molecule has 0 atom stereocenters. The van der Waals surface area contributed by atoms with Crippen molar-refractivity contribution in [2.75, 3.05) is 0 Å². The van der Waals surface area contributed by atoms with Crippen molar-refractivity contribution in [1.82, 2.24) is 0 Å². The van der Waals surface area contributed by atoms with Gasteiger partial charge in [-0.05, 0) is 93.5 Å². The van der Waals surface area contributed by atoms with E-state index in [9.17, 15) is 18.0 Å². The lowest BCUT2D eigenvalue weighted by Crippen LogP contribution is -2.27. The fourth-order valence-electron chi connectivity index (χ4n) is 5.66. The molecule has 0 radical (unpaired) electrons. The lowest BCUT2D eigenvalue weighted by Gasteiger charge is -2.31. The fourth-order valence-corrected chi connectivity index (χ4v) is 7.64. The predicted octanol–water partition coefficient (Wildman–Crippen LogP) is 12.8. The highest BCUT2D eigenvalue weighted by atomic mass is 35.5. The average Bonchev–Trinajstić information content (AvgIpc) is 2.99. The summed E-state index contributed by atoms with van der Waals surface area (Å²) in [6.45, 7) is 23.8. The monoisotopic (exact) mass is 774 g/mol. The molecule has 0 aliphatic heterocycles.